The maximum absolute atomic E-state index is 4.62. The third-order valence-corrected chi connectivity index (χ3v) is 4.98. The fourth-order valence-electron chi connectivity index (χ4n) is 2.94. The van der Waals surface area contributed by atoms with Gasteiger partial charge in [0.25, 0.3) is 0 Å². The van der Waals surface area contributed by atoms with E-state index in [4.69, 9.17) is 0 Å². The van der Waals surface area contributed by atoms with Crippen molar-refractivity contribution in [3.8, 4) is 0 Å². The van der Waals surface area contributed by atoms with E-state index in [0.29, 0.717) is 12.6 Å². The Morgan fingerprint density at radius 3 is 2.77 bits per heavy atom. The molecule has 2 aromatic heterocycles. The van der Waals surface area contributed by atoms with E-state index < -0.39 is 0 Å². The Morgan fingerprint density at radius 1 is 1.31 bits per heavy atom. The van der Waals surface area contributed by atoms with Crippen LogP contribution in [0.3, 0.4) is 0 Å². The van der Waals surface area contributed by atoms with Gasteiger partial charge in [-0.3, -0.25) is 4.99 Å². The smallest absolute Gasteiger partial charge is 0.191 e. The number of hydrogen-bond donors (Lipinski definition) is 2. The quantitative estimate of drug-likeness (QED) is 0.480. The van der Waals surface area contributed by atoms with Crippen LogP contribution in [-0.4, -0.2) is 53.0 Å². The lowest BCUT2D eigenvalue weighted by Crippen LogP contribution is -2.42. The molecule has 1 atom stereocenters. The van der Waals surface area contributed by atoms with E-state index in [1.165, 1.54) is 6.42 Å². The van der Waals surface area contributed by atoms with Crippen LogP contribution < -0.4 is 10.6 Å². The van der Waals surface area contributed by atoms with Gasteiger partial charge >= 0.3 is 0 Å². The summed E-state index contributed by atoms with van der Waals surface area (Å²) in [7, 11) is 1.80. The van der Waals surface area contributed by atoms with Crippen LogP contribution in [0.25, 0.3) is 5.65 Å². The number of imidazole rings is 1. The topological polar surface area (TPSA) is 57.0 Å². The summed E-state index contributed by atoms with van der Waals surface area (Å²) in [6.07, 6.45) is 6.36. The first kappa shape index (κ1) is 20.7. The molecule has 2 heterocycles. The van der Waals surface area contributed by atoms with Gasteiger partial charge in [-0.1, -0.05) is 13.8 Å². The molecule has 0 saturated heterocycles. The molecular weight excluding hydrogens is 392 g/mol. The minimum atomic E-state index is 0.383. The number of aliphatic imine (C=N–C) groups is 1. The number of fused-ring (bicyclic) bond motifs is 1. The van der Waals surface area contributed by atoms with Gasteiger partial charge in [-0.05, 0) is 67.5 Å². The molecule has 0 aliphatic rings. The number of aromatic nitrogens is 2. The van der Waals surface area contributed by atoms with Gasteiger partial charge in [0.15, 0.2) is 5.96 Å². The van der Waals surface area contributed by atoms with E-state index >= 15 is 0 Å². The van der Waals surface area contributed by atoms with Crippen LogP contribution in [0.4, 0.5) is 0 Å². The van der Waals surface area contributed by atoms with Gasteiger partial charge in [0.1, 0.15) is 5.65 Å². The summed E-state index contributed by atoms with van der Waals surface area (Å²) in [4.78, 5) is 11.4. The van der Waals surface area contributed by atoms with Crippen molar-refractivity contribution in [1.29, 1.82) is 0 Å². The van der Waals surface area contributed by atoms with Crippen molar-refractivity contribution >= 4 is 27.5 Å². The van der Waals surface area contributed by atoms with Crippen LogP contribution in [0.1, 0.15) is 39.3 Å². The Labute approximate surface area is 165 Å². The van der Waals surface area contributed by atoms with Crippen molar-refractivity contribution in [2.45, 2.75) is 46.2 Å². The van der Waals surface area contributed by atoms with E-state index in [-0.39, 0.29) is 0 Å². The average molecular weight is 423 g/mol. The minimum Gasteiger partial charge on any atom is -0.354 e. The number of nitrogens with zero attached hydrogens (tertiary/aromatic N) is 4. The van der Waals surface area contributed by atoms with E-state index in [9.17, 15) is 0 Å². The van der Waals surface area contributed by atoms with Gasteiger partial charge in [0, 0.05) is 30.0 Å². The second-order valence-corrected chi connectivity index (χ2v) is 7.40. The SMILES string of the molecule is CCN(CC)CCCC(C)NC(=NC)NCc1cn2cc(Br)ccc2n1. The Kier molecular flexibility index (Phi) is 8.38. The number of hydrogen-bond acceptors (Lipinski definition) is 3. The van der Waals surface area contributed by atoms with Crippen LogP contribution in [0.5, 0.6) is 0 Å². The zero-order valence-electron chi connectivity index (χ0n) is 16.3. The number of pyridine rings is 1. The molecule has 0 bridgehead atoms. The van der Waals surface area contributed by atoms with Crippen LogP contribution in [0, 0.1) is 0 Å². The van der Waals surface area contributed by atoms with Crippen LogP contribution in [-0.2, 0) is 6.54 Å². The molecule has 7 heteroatoms. The predicted molar refractivity (Wildman–Crippen MR) is 113 cm³/mol. The van der Waals surface area contributed by atoms with Crippen LogP contribution in [0.15, 0.2) is 34.0 Å². The Morgan fingerprint density at radius 2 is 2.08 bits per heavy atom. The van der Waals surface area contributed by atoms with Crippen molar-refractivity contribution in [3.63, 3.8) is 0 Å². The van der Waals surface area contributed by atoms with Gasteiger partial charge in [-0.25, -0.2) is 4.98 Å². The lowest BCUT2D eigenvalue weighted by Gasteiger charge is -2.21. The lowest BCUT2D eigenvalue weighted by molar-refractivity contribution is 0.292. The normalized spacial score (nSPS) is 13.4. The Balaban J connectivity index is 1.79. The Bertz CT molecular complexity index is 707. The van der Waals surface area contributed by atoms with E-state index in [0.717, 1.165) is 47.8 Å². The third kappa shape index (κ3) is 6.29. The molecule has 2 aromatic rings. The molecule has 26 heavy (non-hydrogen) atoms. The summed E-state index contributed by atoms with van der Waals surface area (Å²) in [5.74, 6) is 0.818. The molecule has 1 unspecified atom stereocenters. The van der Waals surface area contributed by atoms with E-state index in [1.54, 1.807) is 7.05 Å². The summed E-state index contributed by atoms with van der Waals surface area (Å²) in [5.41, 5.74) is 1.93. The Hall–Kier alpha value is -1.60. The highest BCUT2D eigenvalue weighted by Gasteiger charge is 2.08. The molecule has 0 amide bonds. The standard InChI is InChI=1S/C19H31BrN6/c1-5-25(6-2)11-7-8-15(3)23-19(21-4)22-12-17-14-26-13-16(20)9-10-18(26)24-17/h9-10,13-15H,5-8,11-12H2,1-4H3,(H2,21,22,23). The number of halogens is 1. The maximum Gasteiger partial charge on any atom is 0.191 e. The molecule has 144 valence electrons. The van der Waals surface area contributed by atoms with Crippen molar-refractivity contribution in [1.82, 2.24) is 24.9 Å². The van der Waals surface area contributed by atoms with Crippen molar-refractivity contribution in [2.75, 3.05) is 26.7 Å². The van der Waals surface area contributed by atoms with Crippen molar-refractivity contribution < 1.29 is 0 Å². The average Bonchev–Trinajstić information content (AvgIpc) is 3.04. The molecule has 0 saturated carbocycles. The summed E-state index contributed by atoms with van der Waals surface area (Å²) in [6.45, 7) is 10.7. The summed E-state index contributed by atoms with van der Waals surface area (Å²) >= 11 is 3.48. The molecule has 0 radical (unpaired) electrons. The molecule has 6 nitrogen and oxygen atoms in total. The molecule has 0 spiro atoms. The fourth-order valence-corrected chi connectivity index (χ4v) is 3.29. The zero-order chi connectivity index (χ0) is 18.9. The van der Waals surface area contributed by atoms with Crippen LogP contribution >= 0.6 is 15.9 Å². The van der Waals surface area contributed by atoms with E-state index in [1.807, 2.05) is 28.9 Å². The molecule has 2 rings (SSSR count). The first-order chi connectivity index (χ1) is 12.5. The minimum absolute atomic E-state index is 0.383. The highest BCUT2D eigenvalue weighted by molar-refractivity contribution is 9.10. The molecule has 2 N–H and O–H groups in total. The van der Waals surface area contributed by atoms with Gasteiger partial charge in [0.2, 0.25) is 0 Å². The fraction of sp³-hybridized carbons (Fsp3) is 0.579. The monoisotopic (exact) mass is 422 g/mol. The largest absolute Gasteiger partial charge is 0.354 e. The summed E-state index contributed by atoms with van der Waals surface area (Å²) in [6, 6.07) is 4.38. The highest BCUT2D eigenvalue weighted by Crippen LogP contribution is 2.12. The lowest BCUT2D eigenvalue weighted by atomic mass is 10.2. The van der Waals surface area contributed by atoms with Gasteiger partial charge < -0.3 is 19.9 Å². The maximum atomic E-state index is 4.62. The number of rotatable bonds is 9. The van der Waals surface area contributed by atoms with Crippen LogP contribution in [0.2, 0.25) is 0 Å². The molecular formula is C19H31BrN6. The van der Waals surface area contributed by atoms with Gasteiger partial charge in [0.05, 0.1) is 12.2 Å². The number of nitrogens with one attached hydrogen (secondary N) is 2. The molecule has 0 aliphatic carbocycles. The zero-order valence-corrected chi connectivity index (χ0v) is 17.9. The summed E-state index contributed by atoms with van der Waals surface area (Å²) < 4.78 is 3.06. The highest BCUT2D eigenvalue weighted by atomic mass is 79.9. The number of guanidine groups is 1. The summed E-state index contributed by atoms with van der Waals surface area (Å²) in [5, 5.41) is 6.82. The first-order valence-electron chi connectivity index (χ1n) is 9.38. The second kappa shape index (κ2) is 10.5. The second-order valence-electron chi connectivity index (χ2n) is 6.49. The molecule has 0 aromatic carbocycles. The van der Waals surface area contributed by atoms with Crippen molar-refractivity contribution in [3.05, 3.63) is 34.7 Å². The van der Waals surface area contributed by atoms with Gasteiger partial charge in [-0.2, -0.15) is 0 Å². The predicted octanol–water partition coefficient (Wildman–Crippen LogP) is 3.27. The van der Waals surface area contributed by atoms with Crippen molar-refractivity contribution in [2.24, 2.45) is 4.99 Å². The first-order valence-corrected chi connectivity index (χ1v) is 10.2. The molecule has 0 aliphatic heterocycles. The van der Waals surface area contributed by atoms with E-state index in [2.05, 4.69) is 62.2 Å². The molecule has 0 fully saturated rings. The third-order valence-electron chi connectivity index (χ3n) is 4.51. The van der Waals surface area contributed by atoms with Gasteiger partial charge in [-0.15, -0.1) is 0 Å².